The van der Waals surface area contributed by atoms with Crippen LogP contribution in [0.3, 0.4) is 0 Å². The van der Waals surface area contributed by atoms with Gasteiger partial charge in [-0.3, -0.25) is 5.10 Å². The molecular weight excluding hydrogens is 142 g/mol. The molecule has 0 aliphatic heterocycles. The van der Waals surface area contributed by atoms with Gasteiger partial charge in [0.25, 0.3) is 0 Å². The second-order valence-electron chi connectivity index (χ2n) is 2.52. The zero-order valence-electron chi connectivity index (χ0n) is 6.13. The first kappa shape index (κ1) is 6.09. The van der Waals surface area contributed by atoms with Gasteiger partial charge in [-0.2, -0.15) is 0 Å². The summed E-state index contributed by atoms with van der Waals surface area (Å²) in [5, 5.41) is 2.85. The van der Waals surface area contributed by atoms with Crippen molar-refractivity contribution in [2.75, 3.05) is 11.5 Å². The Morgan fingerprint density at radius 2 is 2.27 bits per heavy atom. The third kappa shape index (κ3) is 0.674. The Morgan fingerprint density at radius 1 is 1.55 bits per heavy atom. The average Bonchev–Trinajstić information content (AvgIpc) is 2.37. The van der Waals surface area contributed by atoms with Crippen molar-refractivity contribution in [3.05, 3.63) is 11.9 Å². The van der Waals surface area contributed by atoms with Crippen LogP contribution in [0.5, 0.6) is 0 Å². The van der Waals surface area contributed by atoms with Crippen molar-refractivity contribution in [2.45, 2.75) is 6.92 Å². The summed E-state index contributed by atoms with van der Waals surface area (Å²) in [5.74, 6) is 0.465. The molecule has 2 rings (SSSR count). The number of nitrogens with one attached hydrogen (secondary N) is 1. The number of aromatic nitrogens is 3. The van der Waals surface area contributed by atoms with E-state index in [1.807, 2.05) is 13.1 Å². The molecule has 0 unspecified atom stereocenters. The first-order valence-electron chi connectivity index (χ1n) is 3.27. The number of aryl methyl sites for hydroxylation is 1. The van der Waals surface area contributed by atoms with E-state index in [0.717, 1.165) is 5.69 Å². The number of imidazole rings is 1. The van der Waals surface area contributed by atoms with Gasteiger partial charge in [-0.1, -0.05) is 0 Å². The molecule has 0 fully saturated rings. The molecule has 0 spiro atoms. The van der Waals surface area contributed by atoms with Crippen LogP contribution in [-0.2, 0) is 0 Å². The van der Waals surface area contributed by atoms with Crippen molar-refractivity contribution in [1.29, 1.82) is 0 Å². The predicted molar refractivity (Wildman–Crippen MR) is 43.1 cm³/mol. The Balaban J connectivity index is 2.88. The molecule has 0 saturated carbocycles. The molecule has 0 aliphatic carbocycles. The Morgan fingerprint density at radius 3 is 2.91 bits per heavy atom. The van der Waals surface area contributed by atoms with Crippen molar-refractivity contribution >= 4 is 17.2 Å². The molecule has 0 saturated heterocycles. The largest absolute Gasteiger partial charge is 0.393 e. The highest BCUT2D eigenvalue weighted by Crippen LogP contribution is 2.18. The predicted octanol–water partition coefficient (Wildman–Crippen LogP) is 0.135. The minimum Gasteiger partial charge on any atom is -0.393 e. The quantitative estimate of drug-likeness (QED) is 0.500. The number of anilines is 2. The first-order chi connectivity index (χ1) is 5.18. The molecule has 2 heterocycles. The van der Waals surface area contributed by atoms with Crippen molar-refractivity contribution in [2.24, 2.45) is 0 Å². The van der Waals surface area contributed by atoms with Gasteiger partial charge < -0.3 is 11.5 Å². The van der Waals surface area contributed by atoms with E-state index < -0.39 is 0 Å². The molecule has 58 valence electrons. The highest BCUT2D eigenvalue weighted by Gasteiger charge is 2.06. The Kier molecular flexibility index (Phi) is 0.934. The van der Waals surface area contributed by atoms with E-state index in [9.17, 15) is 0 Å². The van der Waals surface area contributed by atoms with E-state index in [1.54, 1.807) is 4.52 Å². The fourth-order valence-electron chi connectivity index (χ4n) is 1.08. The highest BCUT2D eigenvalue weighted by molar-refractivity contribution is 5.76. The minimum atomic E-state index is 0.465. The van der Waals surface area contributed by atoms with Gasteiger partial charge in [-0.05, 0) is 6.92 Å². The zero-order valence-corrected chi connectivity index (χ0v) is 6.13. The lowest BCUT2D eigenvalue weighted by atomic mass is 10.5. The number of nitrogen functional groups attached to an aromatic ring is 2. The maximum atomic E-state index is 5.61. The molecule has 5 N–H and O–H groups in total. The number of aromatic amines is 1. The Hall–Kier alpha value is -1.65. The molecule has 0 aliphatic rings. The summed E-state index contributed by atoms with van der Waals surface area (Å²) in [6.45, 7) is 1.90. The van der Waals surface area contributed by atoms with Crippen LogP contribution in [0.1, 0.15) is 5.69 Å². The summed E-state index contributed by atoms with van der Waals surface area (Å²) in [6, 6.07) is 0. The van der Waals surface area contributed by atoms with Gasteiger partial charge in [0.15, 0.2) is 5.65 Å². The smallest absolute Gasteiger partial charge is 0.179 e. The number of hydrogen-bond acceptors (Lipinski definition) is 3. The summed E-state index contributed by atoms with van der Waals surface area (Å²) in [4.78, 5) is 4.16. The molecule has 5 heteroatoms. The number of H-pyrrole nitrogens is 1. The Bertz CT molecular complexity index is 396. The number of rotatable bonds is 0. The summed E-state index contributed by atoms with van der Waals surface area (Å²) in [6.07, 6.45) is 1.84. The van der Waals surface area contributed by atoms with Gasteiger partial charge in [0.1, 0.15) is 11.5 Å². The van der Waals surface area contributed by atoms with Gasteiger partial charge in [-0.15, -0.1) is 0 Å². The highest BCUT2D eigenvalue weighted by atomic mass is 15.3. The average molecular weight is 151 g/mol. The first-order valence-corrected chi connectivity index (χ1v) is 3.27. The molecule has 5 nitrogen and oxygen atoms in total. The third-order valence-corrected chi connectivity index (χ3v) is 1.60. The lowest BCUT2D eigenvalue weighted by Crippen LogP contribution is -1.91. The van der Waals surface area contributed by atoms with Gasteiger partial charge in [0, 0.05) is 0 Å². The normalized spacial score (nSPS) is 11.0. The van der Waals surface area contributed by atoms with E-state index in [-0.39, 0.29) is 0 Å². The fraction of sp³-hybridized carbons (Fsp3) is 0.167. The molecule has 11 heavy (non-hydrogen) atoms. The van der Waals surface area contributed by atoms with Gasteiger partial charge in [0.2, 0.25) is 0 Å². The molecule has 0 aromatic carbocycles. The zero-order chi connectivity index (χ0) is 8.01. The Labute approximate surface area is 63.0 Å². The van der Waals surface area contributed by atoms with Crippen LogP contribution in [-0.4, -0.2) is 14.6 Å². The van der Waals surface area contributed by atoms with Crippen LogP contribution >= 0.6 is 0 Å². The molecule has 0 bridgehead atoms. The lowest BCUT2D eigenvalue weighted by Gasteiger charge is -1.84. The van der Waals surface area contributed by atoms with E-state index in [4.69, 9.17) is 11.5 Å². The number of nitrogens with zero attached hydrogens (tertiary/aromatic N) is 2. The van der Waals surface area contributed by atoms with Crippen LogP contribution < -0.4 is 11.5 Å². The maximum Gasteiger partial charge on any atom is 0.179 e. The summed E-state index contributed by atoms with van der Waals surface area (Å²) >= 11 is 0. The van der Waals surface area contributed by atoms with Crippen LogP contribution in [0, 0.1) is 6.92 Å². The topological polar surface area (TPSA) is 85.1 Å². The van der Waals surface area contributed by atoms with Gasteiger partial charge in [-0.25, -0.2) is 9.50 Å². The second kappa shape index (κ2) is 1.69. The lowest BCUT2D eigenvalue weighted by molar-refractivity contribution is 0.978. The minimum absolute atomic E-state index is 0.465. The molecule has 0 amide bonds. The van der Waals surface area contributed by atoms with E-state index in [2.05, 4.69) is 10.1 Å². The maximum absolute atomic E-state index is 5.61. The van der Waals surface area contributed by atoms with Crippen molar-refractivity contribution in [3.63, 3.8) is 0 Å². The monoisotopic (exact) mass is 151 g/mol. The SMILES string of the molecule is Cc1cn2[nH]c(N)c(N)c2n1. The fourth-order valence-corrected chi connectivity index (χ4v) is 1.08. The van der Waals surface area contributed by atoms with Crippen molar-refractivity contribution in [1.82, 2.24) is 14.6 Å². The van der Waals surface area contributed by atoms with Gasteiger partial charge in [0.05, 0.1) is 11.9 Å². The van der Waals surface area contributed by atoms with Crippen molar-refractivity contribution in [3.8, 4) is 0 Å². The third-order valence-electron chi connectivity index (χ3n) is 1.60. The molecule has 0 atom stereocenters. The summed E-state index contributed by atoms with van der Waals surface area (Å²) < 4.78 is 1.71. The number of hydrogen-bond donors (Lipinski definition) is 3. The molecule has 0 radical (unpaired) electrons. The summed E-state index contributed by atoms with van der Waals surface area (Å²) in [5.41, 5.74) is 13.2. The second-order valence-corrected chi connectivity index (χ2v) is 2.52. The standard InChI is InChI=1S/C6H9N5/c1-3-2-11-6(9-3)4(7)5(8)10-11/h2,10H,7-8H2,1H3. The van der Waals surface area contributed by atoms with Gasteiger partial charge >= 0.3 is 0 Å². The molecule has 2 aromatic rings. The molecule has 2 aromatic heterocycles. The van der Waals surface area contributed by atoms with E-state index in [1.165, 1.54) is 0 Å². The molecular formula is C6H9N5. The summed E-state index contributed by atoms with van der Waals surface area (Å²) in [7, 11) is 0. The van der Waals surface area contributed by atoms with Crippen LogP contribution in [0.15, 0.2) is 6.20 Å². The van der Waals surface area contributed by atoms with Crippen LogP contribution in [0.25, 0.3) is 5.65 Å². The van der Waals surface area contributed by atoms with Crippen LogP contribution in [0.2, 0.25) is 0 Å². The van der Waals surface area contributed by atoms with Crippen molar-refractivity contribution < 1.29 is 0 Å². The number of fused-ring (bicyclic) bond motifs is 1. The van der Waals surface area contributed by atoms with E-state index in [0.29, 0.717) is 17.2 Å². The van der Waals surface area contributed by atoms with E-state index >= 15 is 0 Å². The number of nitrogens with two attached hydrogens (primary N) is 2. The van der Waals surface area contributed by atoms with Crippen LogP contribution in [0.4, 0.5) is 11.5 Å².